The molecule has 2 rings (SSSR count). The van der Waals surface area contributed by atoms with E-state index >= 15 is 0 Å². The van der Waals surface area contributed by atoms with E-state index in [0.29, 0.717) is 17.4 Å². The SMILES string of the molecule is CCC(N)Cc1ccc(OCc2ccncc2Cl)cn1. The molecule has 2 aromatic rings. The number of pyridine rings is 2. The van der Waals surface area contributed by atoms with E-state index in [9.17, 15) is 0 Å². The summed E-state index contributed by atoms with van der Waals surface area (Å²) in [5.41, 5.74) is 7.78. The van der Waals surface area contributed by atoms with E-state index < -0.39 is 0 Å². The smallest absolute Gasteiger partial charge is 0.138 e. The number of nitrogens with two attached hydrogens (primary N) is 1. The molecule has 4 nitrogen and oxygen atoms in total. The summed E-state index contributed by atoms with van der Waals surface area (Å²) in [6.07, 6.45) is 6.74. The van der Waals surface area contributed by atoms with Gasteiger partial charge in [0.2, 0.25) is 0 Å². The predicted molar refractivity (Wildman–Crippen MR) is 79.8 cm³/mol. The molecule has 0 aliphatic carbocycles. The maximum absolute atomic E-state index is 6.02. The van der Waals surface area contributed by atoms with E-state index in [2.05, 4.69) is 16.9 Å². The van der Waals surface area contributed by atoms with Crippen LogP contribution in [0.2, 0.25) is 5.02 Å². The minimum absolute atomic E-state index is 0.157. The van der Waals surface area contributed by atoms with Gasteiger partial charge in [0.05, 0.1) is 11.2 Å². The van der Waals surface area contributed by atoms with Gasteiger partial charge < -0.3 is 10.5 Å². The minimum Gasteiger partial charge on any atom is -0.487 e. The Kier molecular flexibility index (Phi) is 5.32. The predicted octanol–water partition coefficient (Wildman–Crippen LogP) is 2.99. The fraction of sp³-hybridized carbons (Fsp3) is 0.333. The summed E-state index contributed by atoms with van der Waals surface area (Å²) in [4.78, 5) is 8.29. The third kappa shape index (κ3) is 4.18. The van der Waals surface area contributed by atoms with Crippen molar-refractivity contribution in [2.24, 2.45) is 5.73 Å². The molecule has 2 aromatic heterocycles. The molecule has 106 valence electrons. The van der Waals surface area contributed by atoms with Gasteiger partial charge in [-0.25, -0.2) is 0 Å². The molecule has 0 bridgehead atoms. The van der Waals surface area contributed by atoms with Crippen molar-refractivity contribution in [1.29, 1.82) is 0 Å². The van der Waals surface area contributed by atoms with Crippen LogP contribution in [0.3, 0.4) is 0 Å². The molecule has 0 saturated carbocycles. The van der Waals surface area contributed by atoms with Crippen LogP contribution in [0.4, 0.5) is 0 Å². The average Bonchev–Trinajstić information content (AvgIpc) is 2.48. The second-order valence-corrected chi connectivity index (χ2v) is 5.02. The molecule has 0 amide bonds. The van der Waals surface area contributed by atoms with Gasteiger partial charge in [-0.2, -0.15) is 0 Å². The third-order valence-electron chi connectivity index (χ3n) is 3.04. The zero-order valence-corrected chi connectivity index (χ0v) is 12.2. The zero-order valence-electron chi connectivity index (χ0n) is 11.4. The molecule has 0 fully saturated rings. The topological polar surface area (TPSA) is 61.0 Å². The van der Waals surface area contributed by atoms with Crippen LogP contribution in [0.1, 0.15) is 24.6 Å². The second-order valence-electron chi connectivity index (χ2n) is 4.61. The highest BCUT2D eigenvalue weighted by molar-refractivity contribution is 6.31. The van der Waals surface area contributed by atoms with Crippen LogP contribution in [-0.2, 0) is 13.0 Å². The Labute approximate surface area is 124 Å². The van der Waals surface area contributed by atoms with E-state index in [1.54, 1.807) is 18.6 Å². The van der Waals surface area contributed by atoms with E-state index in [1.165, 1.54) is 0 Å². The lowest BCUT2D eigenvalue weighted by atomic mass is 10.1. The van der Waals surface area contributed by atoms with Crippen molar-refractivity contribution >= 4 is 11.6 Å². The number of ether oxygens (including phenoxy) is 1. The van der Waals surface area contributed by atoms with Crippen LogP contribution >= 0.6 is 11.6 Å². The fourth-order valence-electron chi connectivity index (χ4n) is 1.71. The lowest BCUT2D eigenvalue weighted by Crippen LogP contribution is -2.21. The molecular weight excluding hydrogens is 274 g/mol. The van der Waals surface area contributed by atoms with Gasteiger partial charge in [0.25, 0.3) is 0 Å². The maximum Gasteiger partial charge on any atom is 0.138 e. The zero-order chi connectivity index (χ0) is 14.4. The van der Waals surface area contributed by atoms with Crippen LogP contribution in [-0.4, -0.2) is 16.0 Å². The lowest BCUT2D eigenvalue weighted by Gasteiger charge is -2.10. The van der Waals surface area contributed by atoms with Crippen molar-refractivity contribution in [3.05, 3.63) is 53.1 Å². The first kappa shape index (κ1) is 14.8. The highest BCUT2D eigenvalue weighted by atomic mass is 35.5. The van der Waals surface area contributed by atoms with Crippen LogP contribution in [0.15, 0.2) is 36.8 Å². The van der Waals surface area contributed by atoms with Gasteiger partial charge in [0, 0.05) is 36.1 Å². The Morgan fingerprint density at radius 2 is 2.15 bits per heavy atom. The molecule has 0 saturated heterocycles. The highest BCUT2D eigenvalue weighted by Crippen LogP contribution is 2.17. The van der Waals surface area contributed by atoms with Crippen molar-refractivity contribution in [1.82, 2.24) is 9.97 Å². The highest BCUT2D eigenvalue weighted by Gasteiger charge is 2.04. The Morgan fingerprint density at radius 1 is 1.30 bits per heavy atom. The van der Waals surface area contributed by atoms with Gasteiger partial charge in [-0.05, 0) is 24.6 Å². The fourth-order valence-corrected chi connectivity index (χ4v) is 1.89. The Balaban J connectivity index is 1.92. The quantitative estimate of drug-likeness (QED) is 0.889. The summed E-state index contributed by atoms with van der Waals surface area (Å²) >= 11 is 6.02. The number of halogens is 1. The normalized spacial score (nSPS) is 12.2. The first-order valence-corrected chi connectivity index (χ1v) is 6.98. The molecule has 1 unspecified atom stereocenters. The van der Waals surface area contributed by atoms with Crippen molar-refractivity contribution < 1.29 is 4.74 Å². The van der Waals surface area contributed by atoms with Gasteiger partial charge in [0.1, 0.15) is 12.4 Å². The van der Waals surface area contributed by atoms with Gasteiger partial charge >= 0.3 is 0 Å². The summed E-state index contributed by atoms with van der Waals surface area (Å²) in [5.74, 6) is 0.715. The van der Waals surface area contributed by atoms with Crippen molar-refractivity contribution in [2.75, 3.05) is 0 Å². The number of hydrogen-bond donors (Lipinski definition) is 1. The molecule has 0 aromatic carbocycles. The summed E-state index contributed by atoms with van der Waals surface area (Å²) in [6.45, 7) is 2.47. The Bertz CT molecular complexity index is 545. The first-order valence-electron chi connectivity index (χ1n) is 6.60. The van der Waals surface area contributed by atoms with E-state index in [0.717, 1.165) is 24.1 Å². The lowest BCUT2D eigenvalue weighted by molar-refractivity contribution is 0.304. The molecule has 2 heterocycles. The Morgan fingerprint density at radius 3 is 2.80 bits per heavy atom. The number of nitrogens with zero attached hydrogens (tertiary/aromatic N) is 2. The molecule has 0 spiro atoms. The molecular formula is C15H18ClN3O. The summed E-state index contributed by atoms with van der Waals surface area (Å²) in [7, 11) is 0. The molecule has 0 aliphatic heterocycles. The molecule has 20 heavy (non-hydrogen) atoms. The van der Waals surface area contributed by atoms with Crippen LogP contribution < -0.4 is 10.5 Å². The number of aromatic nitrogens is 2. The molecule has 2 N–H and O–H groups in total. The van der Waals surface area contributed by atoms with Crippen LogP contribution in [0.5, 0.6) is 5.75 Å². The minimum atomic E-state index is 0.157. The molecule has 0 aliphatic rings. The summed E-state index contributed by atoms with van der Waals surface area (Å²) < 4.78 is 5.65. The third-order valence-corrected chi connectivity index (χ3v) is 3.38. The van der Waals surface area contributed by atoms with E-state index in [4.69, 9.17) is 22.1 Å². The van der Waals surface area contributed by atoms with Gasteiger partial charge in [0.15, 0.2) is 0 Å². The number of rotatable bonds is 6. The summed E-state index contributed by atoms with van der Waals surface area (Å²) in [5, 5.41) is 0.603. The van der Waals surface area contributed by atoms with Gasteiger partial charge in [-0.1, -0.05) is 18.5 Å². The standard InChI is InChI=1S/C15H18ClN3O/c1-2-12(17)7-13-3-4-14(8-19-13)20-10-11-5-6-18-9-15(11)16/h3-6,8-9,12H,2,7,10,17H2,1H3. The Hall–Kier alpha value is -1.65. The maximum atomic E-state index is 6.02. The van der Waals surface area contributed by atoms with E-state index in [-0.39, 0.29) is 6.04 Å². The van der Waals surface area contributed by atoms with Crippen molar-refractivity contribution in [3.8, 4) is 5.75 Å². The van der Waals surface area contributed by atoms with Crippen molar-refractivity contribution in [2.45, 2.75) is 32.4 Å². The first-order chi connectivity index (χ1) is 9.69. The van der Waals surface area contributed by atoms with Crippen LogP contribution in [0, 0.1) is 0 Å². The average molecular weight is 292 g/mol. The molecule has 5 heteroatoms. The summed E-state index contributed by atoms with van der Waals surface area (Å²) in [6, 6.07) is 5.84. The number of hydrogen-bond acceptors (Lipinski definition) is 4. The second kappa shape index (κ2) is 7.22. The van der Waals surface area contributed by atoms with Crippen LogP contribution in [0.25, 0.3) is 0 Å². The molecule has 1 atom stereocenters. The molecule has 0 radical (unpaired) electrons. The largest absolute Gasteiger partial charge is 0.487 e. The van der Waals surface area contributed by atoms with Gasteiger partial charge in [-0.15, -0.1) is 0 Å². The van der Waals surface area contributed by atoms with Gasteiger partial charge in [-0.3, -0.25) is 9.97 Å². The monoisotopic (exact) mass is 291 g/mol. The van der Waals surface area contributed by atoms with E-state index in [1.807, 2.05) is 18.2 Å². The van der Waals surface area contributed by atoms with Crippen molar-refractivity contribution in [3.63, 3.8) is 0 Å².